The number of carbonyl (C=O) groups is 1. The summed E-state index contributed by atoms with van der Waals surface area (Å²) in [6.07, 6.45) is 8.11. The number of rotatable bonds is 7. The lowest BCUT2D eigenvalue weighted by atomic mass is 9.89. The monoisotopic (exact) mass is 359 g/mol. The molecular formula is C21H33N3O2. The molecule has 1 spiro atoms. The second kappa shape index (κ2) is 8.96. The molecule has 0 N–H and O–H groups in total. The van der Waals surface area contributed by atoms with Gasteiger partial charge in [-0.3, -0.25) is 14.7 Å². The highest BCUT2D eigenvalue weighted by molar-refractivity contribution is 5.76. The molecule has 5 heteroatoms. The normalized spacial score (nSPS) is 26.3. The molecule has 2 atom stereocenters. The third-order valence-electron chi connectivity index (χ3n) is 5.87. The Morgan fingerprint density at radius 3 is 2.92 bits per heavy atom. The van der Waals surface area contributed by atoms with Crippen molar-refractivity contribution in [3.05, 3.63) is 30.1 Å². The van der Waals surface area contributed by atoms with E-state index < -0.39 is 0 Å². The summed E-state index contributed by atoms with van der Waals surface area (Å²) in [7, 11) is 0. The molecule has 2 saturated heterocycles. The van der Waals surface area contributed by atoms with Gasteiger partial charge < -0.3 is 9.64 Å². The summed E-state index contributed by atoms with van der Waals surface area (Å²) in [5, 5.41) is 0. The number of piperidine rings is 1. The maximum atomic E-state index is 12.2. The van der Waals surface area contributed by atoms with Gasteiger partial charge in [-0.2, -0.15) is 0 Å². The molecule has 5 nitrogen and oxygen atoms in total. The van der Waals surface area contributed by atoms with Crippen LogP contribution < -0.4 is 0 Å². The summed E-state index contributed by atoms with van der Waals surface area (Å²) in [4.78, 5) is 21.1. The van der Waals surface area contributed by atoms with Crippen LogP contribution in [0, 0.1) is 0 Å². The van der Waals surface area contributed by atoms with Gasteiger partial charge in [0, 0.05) is 38.8 Å². The lowest BCUT2D eigenvalue weighted by Crippen LogP contribution is -2.47. The first kappa shape index (κ1) is 19.3. The van der Waals surface area contributed by atoms with Crippen molar-refractivity contribution >= 4 is 5.91 Å². The van der Waals surface area contributed by atoms with Crippen LogP contribution >= 0.6 is 0 Å². The Morgan fingerprint density at radius 1 is 1.35 bits per heavy atom. The van der Waals surface area contributed by atoms with E-state index in [2.05, 4.69) is 22.0 Å². The molecule has 0 aliphatic carbocycles. The highest BCUT2D eigenvalue weighted by Gasteiger charge is 2.43. The number of hydrogen-bond acceptors (Lipinski definition) is 4. The molecule has 2 aliphatic rings. The molecular weight excluding hydrogens is 326 g/mol. The third kappa shape index (κ3) is 4.83. The second-order valence-electron chi connectivity index (χ2n) is 7.70. The minimum atomic E-state index is -0.00402. The van der Waals surface area contributed by atoms with Crippen molar-refractivity contribution in [3.8, 4) is 0 Å². The molecule has 2 aliphatic heterocycles. The molecule has 1 amide bonds. The minimum absolute atomic E-state index is 0.00402. The summed E-state index contributed by atoms with van der Waals surface area (Å²) in [6, 6.07) is 6.11. The number of aromatic nitrogens is 1. The molecule has 3 heterocycles. The van der Waals surface area contributed by atoms with Crippen LogP contribution in [-0.4, -0.2) is 58.6 Å². The van der Waals surface area contributed by atoms with Gasteiger partial charge in [0.2, 0.25) is 5.91 Å². The molecule has 26 heavy (non-hydrogen) atoms. The molecule has 3 rings (SSSR count). The summed E-state index contributed by atoms with van der Waals surface area (Å²) in [5.41, 5.74) is 1.12. The summed E-state index contributed by atoms with van der Waals surface area (Å²) in [6.45, 7) is 8.69. The van der Waals surface area contributed by atoms with Gasteiger partial charge in [0.25, 0.3) is 0 Å². The molecule has 1 aromatic rings. The molecule has 0 aromatic carbocycles. The van der Waals surface area contributed by atoms with Gasteiger partial charge in [-0.25, -0.2) is 0 Å². The van der Waals surface area contributed by atoms with Crippen LogP contribution in [0.2, 0.25) is 0 Å². The lowest BCUT2D eigenvalue weighted by molar-refractivity contribution is -0.132. The Kier molecular flexibility index (Phi) is 6.65. The third-order valence-corrected chi connectivity index (χ3v) is 5.87. The van der Waals surface area contributed by atoms with Crippen LogP contribution in [0.5, 0.6) is 0 Å². The predicted octanol–water partition coefficient (Wildman–Crippen LogP) is 3.24. The Bertz CT molecular complexity index is 576. The van der Waals surface area contributed by atoms with E-state index >= 15 is 0 Å². The number of likely N-dealkylation sites (tertiary alicyclic amines) is 1. The van der Waals surface area contributed by atoms with Crippen molar-refractivity contribution in [1.29, 1.82) is 0 Å². The van der Waals surface area contributed by atoms with E-state index in [0.717, 1.165) is 64.1 Å². The van der Waals surface area contributed by atoms with Crippen LogP contribution in [0.3, 0.4) is 0 Å². The van der Waals surface area contributed by atoms with Gasteiger partial charge in [0.05, 0.1) is 17.4 Å². The average molecular weight is 360 g/mol. The van der Waals surface area contributed by atoms with Crippen LogP contribution in [0.4, 0.5) is 0 Å². The number of pyridine rings is 1. The second-order valence-corrected chi connectivity index (χ2v) is 7.70. The van der Waals surface area contributed by atoms with E-state index in [0.29, 0.717) is 6.42 Å². The zero-order valence-electron chi connectivity index (χ0n) is 16.3. The smallest absolute Gasteiger partial charge is 0.222 e. The van der Waals surface area contributed by atoms with E-state index in [-0.39, 0.29) is 17.6 Å². The number of carbonyl (C=O) groups excluding carboxylic acids is 1. The first-order valence-corrected chi connectivity index (χ1v) is 10.2. The molecule has 144 valence electrons. The standard InChI is InChI=1S/C21H33N3O2/c1-3-24(4-2)20(25)10-9-19-11-13-21(26-19)12-7-15-23(17-21)16-18-8-5-6-14-22-18/h5-6,8,14,19H,3-4,7,9-13,15-17H2,1-2H3/t19-,21-/m0/s1. The molecule has 2 fully saturated rings. The maximum Gasteiger partial charge on any atom is 0.222 e. The van der Waals surface area contributed by atoms with Gasteiger partial charge in [-0.05, 0) is 64.6 Å². The van der Waals surface area contributed by atoms with Crippen molar-refractivity contribution in [2.24, 2.45) is 0 Å². The van der Waals surface area contributed by atoms with Crippen LogP contribution in [0.1, 0.15) is 58.1 Å². The highest BCUT2D eigenvalue weighted by Crippen LogP contribution is 2.39. The van der Waals surface area contributed by atoms with Crippen LogP contribution in [0.15, 0.2) is 24.4 Å². The Morgan fingerprint density at radius 2 is 2.19 bits per heavy atom. The number of nitrogens with zero attached hydrogens (tertiary/aromatic N) is 3. The predicted molar refractivity (Wildman–Crippen MR) is 103 cm³/mol. The van der Waals surface area contributed by atoms with Gasteiger partial charge in [-0.1, -0.05) is 6.07 Å². The van der Waals surface area contributed by atoms with E-state index in [9.17, 15) is 4.79 Å². The van der Waals surface area contributed by atoms with Gasteiger partial charge in [0.15, 0.2) is 0 Å². The van der Waals surface area contributed by atoms with E-state index in [1.807, 2.05) is 31.0 Å². The van der Waals surface area contributed by atoms with E-state index in [1.54, 1.807) is 0 Å². The fraction of sp³-hybridized carbons (Fsp3) is 0.714. The molecule has 0 saturated carbocycles. The van der Waals surface area contributed by atoms with Crippen molar-refractivity contribution in [3.63, 3.8) is 0 Å². The number of hydrogen-bond donors (Lipinski definition) is 0. The topological polar surface area (TPSA) is 45.7 Å². The Labute approximate surface area is 157 Å². The first-order valence-electron chi connectivity index (χ1n) is 10.2. The molecule has 1 aromatic heterocycles. The first-order chi connectivity index (χ1) is 12.6. The number of ether oxygens (including phenoxy) is 1. The average Bonchev–Trinajstić information content (AvgIpc) is 3.04. The van der Waals surface area contributed by atoms with Crippen molar-refractivity contribution in [2.75, 3.05) is 26.2 Å². The van der Waals surface area contributed by atoms with E-state index in [1.165, 1.54) is 6.42 Å². The number of amides is 1. The maximum absolute atomic E-state index is 12.2. The quantitative estimate of drug-likeness (QED) is 0.750. The highest BCUT2D eigenvalue weighted by atomic mass is 16.5. The molecule has 0 radical (unpaired) electrons. The SMILES string of the molecule is CCN(CC)C(=O)CC[C@H]1CC[C@]2(CCCN(Cc3ccccn3)C2)O1. The van der Waals surface area contributed by atoms with Gasteiger partial charge in [0.1, 0.15) is 0 Å². The van der Waals surface area contributed by atoms with Crippen molar-refractivity contribution in [2.45, 2.75) is 70.6 Å². The summed E-state index contributed by atoms with van der Waals surface area (Å²) >= 11 is 0. The Hall–Kier alpha value is -1.46. The zero-order valence-corrected chi connectivity index (χ0v) is 16.3. The van der Waals surface area contributed by atoms with Crippen molar-refractivity contribution < 1.29 is 9.53 Å². The van der Waals surface area contributed by atoms with E-state index in [4.69, 9.17) is 4.74 Å². The molecule has 0 unspecified atom stereocenters. The minimum Gasteiger partial charge on any atom is -0.370 e. The van der Waals surface area contributed by atoms with Gasteiger partial charge in [-0.15, -0.1) is 0 Å². The molecule has 0 bridgehead atoms. The summed E-state index contributed by atoms with van der Waals surface area (Å²) < 4.78 is 6.52. The van der Waals surface area contributed by atoms with Gasteiger partial charge >= 0.3 is 0 Å². The zero-order chi connectivity index (χ0) is 18.4. The van der Waals surface area contributed by atoms with Crippen LogP contribution in [0.25, 0.3) is 0 Å². The summed E-state index contributed by atoms with van der Waals surface area (Å²) in [5.74, 6) is 0.264. The lowest BCUT2D eigenvalue weighted by Gasteiger charge is -2.40. The largest absolute Gasteiger partial charge is 0.370 e. The van der Waals surface area contributed by atoms with Crippen molar-refractivity contribution in [1.82, 2.24) is 14.8 Å². The fourth-order valence-electron chi connectivity index (χ4n) is 4.46. The fourth-order valence-corrected chi connectivity index (χ4v) is 4.46. The van der Waals surface area contributed by atoms with Crippen LogP contribution in [-0.2, 0) is 16.1 Å². The Balaban J connectivity index is 1.49.